The van der Waals surface area contributed by atoms with Crippen LogP contribution in [0.15, 0.2) is 42.1 Å². The van der Waals surface area contributed by atoms with Crippen LogP contribution in [0.4, 0.5) is 0 Å². The fourth-order valence-corrected chi connectivity index (χ4v) is 1.71. The molecule has 1 heterocycles. The van der Waals surface area contributed by atoms with E-state index in [9.17, 15) is 9.59 Å². The molecule has 94 valence electrons. The van der Waals surface area contributed by atoms with E-state index >= 15 is 0 Å². The minimum Gasteiger partial charge on any atom is -0.334 e. The van der Waals surface area contributed by atoms with E-state index in [1.165, 1.54) is 6.92 Å². The van der Waals surface area contributed by atoms with Crippen molar-refractivity contribution in [2.45, 2.75) is 19.4 Å². The predicted octanol–water partition coefficient (Wildman–Crippen LogP) is 0.761. The summed E-state index contributed by atoms with van der Waals surface area (Å²) in [7, 11) is 0. The number of nitrogens with two attached hydrogens (primary N) is 1. The Morgan fingerprint density at radius 1 is 1.44 bits per heavy atom. The molecule has 1 atom stereocenters. The van der Waals surface area contributed by atoms with Crippen LogP contribution in [0.1, 0.15) is 12.5 Å². The Morgan fingerprint density at radius 2 is 2.11 bits per heavy atom. The molecule has 0 radical (unpaired) electrons. The number of allylic oxidation sites excluding steroid dienone is 1. The van der Waals surface area contributed by atoms with Crippen molar-refractivity contribution in [3.05, 3.63) is 47.7 Å². The molecule has 2 rings (SSSR count). The lowest BCUT2D eigenvalue weighted by atomic mass is 10.0. The molecule has 5 heteroatoms. The van der Waals surface area contributed by atoms with E-state index in [0.717, 1.165) is 10.6 Å². The monoisotopic (exact) mass is 246 g/mol. The second kappa shape index (κ2) is 5.01. The van der Waals surface area contributed by atoms with Gasteiger partial charge in [-0.2, -0.15) is 0 Å². The van der Waals surface area contributed by atoms with Crippen LogP contribution >= 0.6 is 0 Å². The quantitative estimate of drug-likeness (QED) is 0.799. The Bertz CT molecular complexity index is 496. The second-order valence-electron chi connectivity index (χ2n) is 4.01. The minimum absolute atomic E-state index is 0.399. The van der Waals surface area contributed by atoms with Gasteiger partial charge in [-0.15, -0.1) is 5.06 Å². The van der Waals surface area contributed by atoms with Gasteiger partial charge in [0, 0.05) is 6.92 Å². The molecule has 0 spiro atoms. The second-order valence-corrected chi connectivity index (χ2v) is 4.01. The smallest absolute Gasteiger partial charge is 0.330 e. The molecule has 1 amide bonds. The van der Waals surface area contributed by atoms with Crippen molar-refractivity contribution in [2.24, 2.45) is 5.73 Å². The molecule has 0 saturated carbocycles. The van der Waals surface area contributed by atoms with Gasteiger partial charge in [-0.1, -0.05) is 36.4 Å². The van der Waals surface area contributed by atoms with E-state index in [-0.39, 0.29) is 0 Å². The van der Waals surface area contributed by atoms with Gasteiger partial charge in [-0.25, -0.2) is 4.79 Å². The SMILES string of the molecule is CC(=O)ON1C(=O)C(N)C1=CCc1ccccc1. The van der Waals surface area contributed by atoms with Crippen LogP contribution in [0, 0.1) is 0 Å². The number of hydrogen-bond donors (Lipinski definition) is 1. The number of benzene rings is 1. The number of carbonyl (C=O) groups excluding carboxylic acids is 2. The van der Waals surface area contributed by atoms with Gasteiger partial charge in [0.1, 0.15) is 6.04 Å². The van der Waals surface area contributed by atoms with Crippen LogP contribution in [-0.4, -0.2) is 23.0 Å². The van der Waals surface area contributed by atoms with Gasteiger partial charge in [-0.3, -0.25) is 4.79 Å². The standard InChI is InChI=1S/C13H14N2O3/c1-9(16)18-15-11(12(14)13(15)17)8-7-10-5-3-2-4-6-10/h2-6,8,12H,7,14H2,1H3. The van der Waals surface area contributed by atoms with Gasteiger partial charge in [0.2, 0.25) is 0 Å². The van der Waals surface area contributed by atoms with E-state index in [4.69, 9.17) is 10.6 Å². The van der Waals surface area contributed by atoms with Crippen LogP contribution in [0.3, 0.4) is 0 Å². The lowest BCUT2D eigenvalue weighted by molar-refractivity contribution is -0.200. The largest absolute Gasteiger partial charge is 0.334 e. The van der Waals surface area contributed by atoms with Gasteiger partial charge in [-0.05, 0) is 12.0 Å². The van der Waals surface area contributed by atoms with E-state index in [1.807, 2.05) is 30.3 Å². The predicted molar refractivity (Wildman–Crippen MR) is 64.8 cm³/mol. The molecule has 0 aromatic heterocycles. The molecule has 1 fully saturated rings. The van der Waals surface area contributed by atoms with Crippen molar-refractivity contribution in [3.63, 3.8) is 0 Å². The maximum atomic E-state index is 11.4. The Labute approximate surface area is 105 Å². The van der Waals surface area contributed by atoms with Crippen LogP contribution in [0.2, 0.25) is 0 Å². The van der Waals surface area contributed by atoms with Gasteiger partial charge in [0.05, 0.1) is 5.70 Å². The van der Waals surface area contributed by atoms with Crippen LogP contribution in [0.25, 0.3) is 0 Å². The summed E-state index contributed by atoms with van der Waals surface area (Å²) >= 11 is 0. The summed E-state index contributed by atoms with van der Waals surface area (Å²) in [5.74, 6) is -0.939. The molecule has 1 aliphatic heterocycles. The zero-order chi connectivity index (χ0) is 13.1. The molecule has 5 nitrogen and oxygen atoms in total. The number of hydroxylamine groups is 2. The Kier molecular flexibility index (Phi) is 3.43. The summed E-state index contributed by atoms with van der Waals surface area (Å²) in [5.41, 5.74) is 7.27. The third-order valence-corrected chi connectivity index (χ3v) is 2.63. The maximum Gasteiger partial charge on any atom is 0.330 e. The topological polar surface area (TPSA) is 72.6 Å². The Hall–Kier alpha value is -2.14. The lowest BCUT2D eigenvalue weighted by Crippen LogP contribution is -2.58. The van der Waals surface area contributed by atoms with Gasteiger partial charge in [0.25, 0.3) is 5.91 Å². The normalized spacial score (nSPS) is 20.8. The van der Waals surface area contributed by atoms with Crippen molar-refractivity contribution in [3.8, 4) is 0 Å². The Balaban J connectivity index is 2.07. The molecule has 0 aliphatic carbocycles. The fraction of sp³-hybridized carbons (Fsp3) is 0.231. The van der Waals surface area contributed by atoms with Crippen LogP contribution in [-0.2, 0) is 20.8 Å². The van der Waals surface area contributed by atoms with E-state index in [1.54, 1.807) is 6.08 Å². The molecule has 0 bridgehead atoms. The van der Waals surface area contributed by atoms with Gasteiger partial charge >= 0.3 is 5.97 Å². The zero-order valence-electron chi connectivity index (χ0n) is 10.00. The summed E-state index contributed by atoms with van der Waals surface area (Å²) in [6.45, 7) is 1.24. The van der Waals surface area contributed by atoms with Gasteiger partial charge < -0.3 is 10.6 Å². The zero-order valence-corrected chi connectivity index (χ0v) is 10.00. The van der Waals surface area contributed by atoms with Crippen molar-refractivity contribution in [1.29, 1.82) is 0 Å². The average Bonchev–Trinajstić information content (AvgIpc) is 2.38. The summed E-state index contributed by atoms with van der Waals surface area (Å²) in [4.78, 5) is 27.0. The molecule has 1 aromatic carbocycles. The number of carbonyl (C=O) groups is 2. The Morgan fingerprint density at radius 3 is 2.72 bits per heavy atom. The van der Waals surface area contributed by atoms with E-state index in [0.29, 0.717) is 12.1 Å². The molecular weight excluding hydrogens is 232 g/mol. The summed E-state index contributed by atoms with van der Waals surface area (Å²) in [6.07, 6.45) is 2.43. The highest BCUT2D eigenvalue weighted by Gasteiger charge is 2.42. The van der Waals surface area contributed by atoms with Crippen molar-refractivity contribution >= 4 is 11.9 Å². The highest BCUT2D eigenvalue weighted by atomic mass is 16.7. The minimum atomic E-state index is -0.701. The fourth-order valence-electron chi connectivity index (χ4n) is 1.71. The van der Waals surface area contributed by atoms with E-state index < -0.39 is 17.9 Å². The summed E-state index contributed by atoms with van der Waals surface area (Å²) < 4.78 is 0. The van der Waals surface area contributed by atoms with Crippen LogP contribution < -0.4 is 5.73 Å². The molecule has 1 aliphatic rings. The number of hydrogen-bond acceptors (Lipinski definition) is 4. The van der Waals surface area contributed by atoms with Crippen LogP contribution in [0.5, 0.6) is 0 Å². The van der Waals surface area contributed by atoms with Crippen molar-refractivity contribution in [1.82, 2.24) is 5.06 Å². The summed E-state index contributed by atoms with van der Waals surface area (Å²) in [6, 6.07) is 9.04. The van der Waals surface area contributed by atoms with Gasteiger partial charge in [0.15, 0.2) is 0 Å². The molecule has 2 N–H and O–H groups in total. The number of β-lactam (4-membered cyclic amide) rings is 1. The first-order valence-electron chi connectivity index (χ1n) is 5.61. The molecular formula is C13H14N2O3. The highest BCUT2D eigenvalue weighted by Crippen LogP contribution is 2.23. The van der Waals surface area contributed by atoms with Crippen molar-refractivity contribution in [2.75, 3.05) is 0 Å². The first-order valence-corrected chi connectivity index (χ1v) is 5.61. The molecule has 1 aromatic rings. The lowest BCUT2D eigenvalue weighted by Gasteiger charge is -2.36. The first kappa shape index (κ1) is 12.3. The maximum absolute atomic E-state index is 11.4. The first-order chi connectivity index (χ1) is 8.59. The van der Waals surface area contributed by atoms with E-state index in [2.05, 4.69) is 0 Å². The molecule has 1 saturated heterocycles. The third-order valence-electron chi connectivity index (χ3n) is 2.63. The summed E-state index contributed by atoms with van der Waals surface area (Å²) in [5, 5.41) is 0.954. The molecule has 18 heavy (non-hydrogen) atoms. The number of rotatable bonds is 3. The number of nitrogens with zero attached hydrogens (tertiary/aromatic N) is 1. The third kappa shape index (κ3) is 2.41. The van der Waals surface area contributed by atoms with Crippen molar-refractivity contribution < 1.29 is 14.4 Å². The highest BCUT2D eigenvalue weighted by molar-refractivity contribution is 5.94. The average molecular weight is 246 g/mol. The molecule has 1 unspecified atom stereocenters. The number of amides is 1.